The largest absolute Gasteiger partial charge is 0.126 e. The van der Waals surface area contributed by atoms with Crippen LogP contribution >= 0.6 is 11.6 Å². The highest BCUT2D eigenvalue weighted by Crippen LogP contribution is 2.44. The Morgan fingerprint density at radius 2 is 2.00 bits per heavy atom. The standard InChI is InChI=1S/C7H13Cl/c1-7(2)3-6(4-7)5-8/h6H,3-5H2,1-2H3. The van der Waals surface area contributed by atoms with Gasteiger partial charge in [-0.15, -0.1) is 11.6 Å². The van der Waals surface area contributed by atoms with Gasteiger partial charge in [-0.3, -0.25) is 0 Å². The maximum atomic E-state index is 5.63. The molecule has 0 aromatic heterocycles. The van der Waals surface area contributed by atoms with Crippen LogP contribution in [0, 0.1) is 11.3 Å². The third-order valence-corrected chi connectivity index (χ3v) is 2.34. The summed E-state index contributed by atoms with van der Waals surface area (Å²) < 4.78 is 0. The molecule has 0 N–H and O–H groups in total. The summed E-state index contributed by atoms with van der Waals surface area (Å²) in [6.07, 6.45) is 2.66. The van der Waals surface area contributed by atoms with Crippen molar-refractivity contribution in [3.8, 4) is 0 Å². The fourth-order valence-electron chi connectivity index (χ4n) is 1.61. The zero-order chi connectivity index (χ0) is 6.20. The van der Waals surface area contributed by atoms with Crippen molar-refractivity contribution >= 4 is 11.6 Å². The van der Waals surface area contributed by atoms with Crippen LogP contribution in [0.3, 0.4) is 0 Å². The first-order chi connectivity index (χ1) is 3.64. The van der Waals surface area contributed by atoms with Crippen molar-refractivity contribution in [1.82, 2.24) is 0 Å². The smallest absolute Gasteiger partial charge is 0.0252 e. The minimum Gasteiger partial charge on any atom is -0.126 e. The number of alkyl halides is 1. The van der Waals surface area contributed by atoms with Crippen LogP contribution in [0.5, 0.6) is 0 Å². The second kappa shape index (κ2) is 1.91. The van der Waals surface area contributed by atoms with Gasteiger partial charge in [0.2, 0.25) is 0 Å². The number of hydrogen-bond donors (Lipinski definition) is 0. The average molecular weight is 133 g/mol. The molecule has 0 radical (unpaired) electrons. The molecule has 1 saturated carbocycles. The first kappa shape index (κ1) is 6.41. The van der Waals surface area contributed by atoms with Crippen LogP contribution in [-0.4, -0.2) is 5.88 Å². The van der Waals surface area contributed by atoms with E-state index in [1.165, 1.54) is 12.8 Å². The summed E-state index contributed by atoms with van der Waals surface area (Å²) in [4.78, 5) is 0. The highest BCUT2D eigenvalue weighted by molar-refractivity contribution is 6.18. The lowest BCUT2D eigenvalue weighted by atomic mass is 9.65. The molecule has 0 aromatic carbocycles. The minimum absolute atomic E-state index is 0.611. The fraction of sp³-hybridized carbons (Fsp3) is 1.00. The average Bonchev–Trinajstić information content (AvgIpc) is 1.60. The van der Waals surface area contributed by atoms with E-state index in [4.69, 9.17) is 11.6 Å². The molecule has 0 aromatic rings. The van der Waals surface area contributed by atoms with Crippen LogP contribution in [0.2, 0.25) is 0 Å². The number of rotatable bonds is 1. The molecule has 0 amide bonds. The maximum Gasteiger partial charge on any atom is 0.0252 e. The molecule has 0 nitrogen and oxygen atoms in total. The van der Waals surface area contributed by atoms with E-state index in [-0.39, 0.29) is 0 Å². The van der Waals surface area contributed by atoms with Crippen LogP contribution in [0.25, 0.3) is 0 Å². The van der Waals surface area contributed by atoms with Crippen LogP contribution in [0.4, 0.5) is 0 Å². The first-order valence-corrected chi connectivity index (χ1v) is 3.73. The van der Waals surface area contributed by atoms with Gasteiger partial charge in [0.05, 0.1) is 0 Å². The number of halogens is 1. The molecule has 0 bridgehead atoms. The molecule has 1 rings (SSSR count). The van der Waals surface area contributed by atoms with Gasteiger partial charge in [0.25, 0.3) is 0 Å². The Balaban J connectivity index is 2.21. The first-order valence-electron chi connectivity index (χ1n) is 3.20. The van der Waals surface area contributed by atoms with Gasteiger partial charge in [0.15, 0.2) is 0 Å². The van der Waals surface area contributed by atoms with E-state index >= 15 is 0 Å². The Kier molecular flexibility index (Phi) is 1.53. The molecule has 48 valence electrons. The van der Waals surface area contributed by atoms with Crippen molar-refractivity contribution in [1.29, 1.82) is 0 Å². The molecule has 0 atom stereocenters. The molecular formula is C7H13Cl. The van der Waals surface area contributed by atoms with Crippen molar-refractivity contribution < 1.29 is 0 Å². The van der Waals surface area contributed by atoms with E-state index in [9.17, 15) is 0 Å². The second-order valence-corrected chi connectivity index (χ2v) is 3.90. The third-order valence-electron chi connectivity index (χ3n) is 1.90. The van der Waals surface area contributed by atoms with Crippen molar-refractivity contribution in [2.75, 3.05) is 5.88 Å². The van der Waals surface area contributed by atoms with Crippen LogP contribution in [0.15, 0.2) is 0 Å². The second-order valence-electron chi connectivity index (χ2n) is 3.59. The molecule has 0 spiro atoms. The summed E-state index contributed by atoms with van der Waals surface area (Å²) in [7, 11) is 0. The predicted octanol–water partition coefficient (Wildman–Crippen LogP) is 2.66. The topological polar surface area (TPSA) is 0 Å². The van der Waals surface area contributed by atoms with Gasteiger partial charge in [0, 0.05) is 5.88 Å². The summed E-state index contributed by atoms with van der Waals surface area (Å²) in [5, 5.41) is 0. The molecule has 1 fully saturated rings. The zero-order valence-electron chi connectivity index (χ0n) is 5.58. The summed E-state index contributed by atoms with van der Waals surface area (Å²) in [6.45, 7) is 4.60. The Bertz CT molecular complexity index is 78.4. The van der Waals surface area contributed by atoms with E-state index in [0.29, 0.717) is 5.41 Å². The van der Waals surface area contributed by atoms with Gasteiger partial charge < -0.3 is 0 Å². The normalized spacial score (nSPS) is 27.4. The van der Waals surface area contributed by atoms with E-state index in [1.54, 1.807) is 0 Å². The Labute approximate surface area is 56.2 Å². The molecule has 0 saturated heterocycles. The lowest BCUT2D eigenvalue weighted by Gasteiger charge is -2.41. The van der Waals surface area contributed by atoms with E-state index in [0.717, 1.165) is 11.8 Å². The van der Waals surface area contributed by atoms with Crippen LogP contribution in [-0.2, 0) is 0 Å². The fourth-order valence-corrected chi connectivity index (χ4v) is 1.83. The minimum atomic E-state index is 0.611. The maximum absolute atomic E-state index is 5.63. The lowest BCUT2D eigenvalue weighted by Crippen LogP contribution is -2.32. The molecule has 0 aliphatic heterocycles. The van der Waals surface area contributed by atoms with Gasteiger partial charge >= 0.3 is 0 Å². The van der Waals surface area contributed by atoms with Crippen molar-refractivity contribution in [2.24, 2.45) is 11.3 Å². The summed E-state index contributed by atoms with van der Waals surface area (Å²) in [6, 6.07) is 0. The third kappa shape index (κ3) is 1.17. The highest BCUT2D eigenvalue weighted by Gasteiger charge is 2.34. The SMILES string of the molecule is CC1(C)CC(CCl)C1. The van der Waals surface area contributed by atoms with Crippen LogP contribution < -0.4 is 0 Å². The molecule has 0 unspecified atom stereocenters. The zero-order valence-corrected chi connectivity index (χ0v) is 6.33. The van der Waals surface area contributed by atoms with Gasteiger partial charge in [-0.05, 0) is 24.2 Å². The molecule has 8 heavy (non-hydrogen) atoms. The summed E-state index contributed by atoms with van der Waals surface area (Å²) in [5.41, 5.74) is 0.611. The van der Waals surface area contributed by atoms with Crippen molar-refractivity contribution in [3.05, 3.63) is 0 Å². The number of hydrogen-bond acceptors (Lipinski definition) is 0. The lowest BCUT2D eigenvalue weighted by molar-refractivity contribution is 0.113. The van der Waals surface area contributed by atoms with Gasteiger partial charge in [-0.1, -0.05) is 13.8 Å². The monoisotopic (exact) mass is 132 g/mol. The molecule has 1 aliphatic rings. The van der Waals surface area contributed by atoms with Crippen molar-refractivity contribution in [3.63, 3.8) is 0 Å². The highest BCUT2D eigenvalue weighted by atomic mass is 35.5. The van der Waals surface area contributed by atoms with Crippen molar-refractivity contribution in [2.45, 2.75) is 26.7 Å². The Morgan fingerprint density at radius 3 is 2.12 bits per heavy atom. The predicted molar refractivity (Wildman–Crippen MR) is 37.2 cm³/mol. The van der Waals surface area contributed by atoms with Gasteiger partial charge in [0.1, 0.15) is 0 Å². The van der Waals surface area contributed by atoms with Gasteiger partial charge in [-0.25, -0.2) is 0 Å². The van der Waals surface area contributed by atoms with Crippen LogP contribution in [0.1, 0.15) is 26.7 Å². The summed E-state index contributed by atoms with van der Waals surface area (Å²) >= 11 is 5.63. The van der Waals surface area contributed by atoms with E-state index in [2.05, 4.69) is 13.8 Å². The Morgan fingerprint density at radius 1 is 1.50 bits per heavy atom. The summed E-state index contributed by atoms with van der Waals surface area (Å²) in [5.74, 6) is 1.69. The Hall–Kier alpha value is 0.290. The quantitative estimate of drug-likeness (QED) is 0.482. The molecule has 1 heteroatoms. The van der Waals surface area contributed by atoms with Gasteiger partial charge in [-0.2, -0.15) is 0 Å². The molecular weight excluding hydrogens is 120 g/mol. The van der Waals surface area contributed by atoms with E-state index < -0.39 is 0 Å². The molecule has 0 heterocycles. The molecule has 1 aliphatic carbocycles. The van der Waals surface area contributed by atoms with E-state index in [1.807, 2.05) is 0 Å².